The zero-order chi connectivity index (χ0) is 14.3. The second-order valence-electron chi connectivity index (χ2n) is 5.94. The summed E-state index contributed by atoms with van der Waals surface area (Å²) >= 11 is 0. The van der Waals surface area contributed by atoms with Gasteiger partial charge < -0.3 is 10.1 Å². The normalized spacial score (nSPS) is 12.7. The second-order valence-corrected chi connectivity index (χ2v) is 5.94. The number of hydrogen-bond acceptors (Lipinski definition) is 2. The van der Waals surface area contributed by atoms with E-state index in [4.69, 9.17) is 4.74 Å². The van der Waals surface area contributed by atoms with E-state index in [0.717, 1.165) is 24.8 Å². The molecule has 1 atom stereocenters. The van der Waals surface area contributed by atoms with Crippen LogP contribution in [0.5, 0.6) is 5.75 Å². The summed E-state index contributed by atoms with van der Waals surface area (Å²) in [6.45, 7) is 12.6. The zero-order valence-corrected chi connectivity index (χ0v) is 13.1. The number of aryl methyl sites for hydroxylation is 2. The Hall–Kier alpha value is -1.02. The van der Waals surface area contributed by atoms with Crippen LogP contribution in [0.2, 0.25) is 0 Å². The van der Waals surface area contributed by atoms with Crippen molar-refractivity contribution in [2.45, 2.75) is 53.5 Å². The van der Waals surface area contributed by atoms with Gasteiger partial charge in [0.05, 0.1) is 0 Å². The first-order chi connectivity index (χ1) is 8.99. The fourth-order valence-corrected chi connectivity index (χ4v) is 2.01. The van der Waals surface area contributed by atoms with E-state index in [2.05, 4.69) is 58.1 Å². The van der Waals surface area contributed by atoms with E-state index in [9.17, 15) is 0 Å². The molecule has 19 heavy (non-hydrogen) atoms. The molecular formula is C17H29NO. The number of ether oxygens (including phenoxy) is 1. The van der Waals surface area contributed by atoms with Gasteiger partial charge in [0.15, 0.2) is 0 Å². The molecule has 0 fully saturated rings. The predicted octanol–water partition coefficient (Wildman–Crippen LogP) is 4.10. The Kier molecular flexibility index (Phi) is 6.93. The largest absolute Gasteiger partial charge is 0.492 e. The van der Waals surface area contributed by atoms with Crippen molar-refractivity contribution in [2.75, 3.05) is 13.2 Å². The number of hydrogen-bond donors (Lipinski definition) is 1. The maximum atomic E-state index is 5.83. The number of rotatable bonds is 8. The fraction of sp³-hybridized carbons (Fsp3) is 0.647. The molecule has 1 aromatic carbocycles. The van der Waals surface area contributed by atoms with Crippen molar-refractivity contribution in [3.8, 4) is 5.75 Å². The van der Waals surface area contributed by atoms with Crippen LogP contribution < -0.4 is 10.1 Å². The third-order valence-electron chi connectivity index (χ3n) is 3.37. The highest BCUT2D eigenvalue weighted by Crippen LogP contribution is 2.18. The average molecular weight is 263 g/mol. The standard InChI is InChI=1S/C17H29NO/c1-13(2)6-9-16(5)18-10-11-19-17-12-14(3)7-8-15(17)4/h7-8,12-13,16,18H,6,9-11H2,1-5H3. The van der Waals surface area contributed by atoms with Crippen molar-refractivity contribution < 1.29 is 4.74 Å². The summed E-state index contributed by atoms with van der Waals surface area (Å²) in [7, 11) is 0. The van der Waals surface area contributed by atoms with Crippen LogP contribution in [0.1, 0.15) is 44.7 Å². The summed E-state index contributed by atoms with van der Waals surface area (Å²) in [5.41, 5.74) is 2.46. The molecular weight excluding hydrogens is 234 g/mol. The molecule has 2 nitrogen and oxygen atoms in total. The minimum Gasteiger partial charge on any atom is -0.492 e. The Morgan fingerprint density at radius 3 is 2.53 bits per heavy atom. The van der Waals surface area contributed by atoms with Crippen molar-refractivity contribution in [1.82, 2.24) is 5.32 Å². The van der Waals surface area contributed by atoms with E-state index < -0.39 is 0 Å². The van der Waals surface area contributed by atoms with Crippen LogP contribution in [0.15, 0.2) is 18.2 Å². The Labute approximate surface area is 118 Å². The quantitative estimate of drug-likeness (QED) is 0.713. The van der Waals surface area contributed by atoms with Crippen LogP contribution in [0, 0.1) is 19.8 Å². The molecule has 1 aromatic rings. The minimum atomic E-state index is 0.574. The third-order valence-corrected chi connectivity index (χ3v) is 3.37. The van der Waals surface area contributed by atoms with E-state index in [1.54, 1.807) is 0 Å². The van der Waals surface area contributed by atoms with Crippen LogP contribution in [-0.4, -0.2) is 19.2 Å². The van der Waals surface area contributed by atoms with Crippen molar-refractivity contribution >= 4 is 0 Å². The molecule has 0 spiro atoms. The molecule has 1 unspecified atom stereocenters. The van der Waals surface area contributed by atoms with Crippen LogP contribution in [0.25, 0.3) is 0 Å². The van der Waals surface area contributed by atoms with Crippen molar-refractivity contribution in [3.05, 3.63) is 29.3 Å². The van der Waals surface area contributed by atoms with Crippen molar-refractivity contribution in [1.29, 1.82) is 0 Å². The molecule has 0 saturated heterocycles. The van der Waals surface area contributed by atoms with Crippen LogP contribution in [-0.2, 0) is 0 Å². The van der Waals surface area contributed by atoms with Crippen LogP contribution in [0.3, 0.4) is 0 Å². The van der Waals surface area contributed by atoms with Crippen LogP contribution >= 0.6 is 0 Å². The second kappa shape index (κ2) is 8.21. The lowest BCUT2D eigenvalue weighted by molar-refractivity contribution is 0.301. The lowest BCUT2D eigenvalue weighted by Gasteiger charge is -2.16. The van der Waals surface area contributed by atoms with Gasteiger partial charge in [0, 0.05) is 12.6 Å². The smallest absolute Gasteiger partial charge is 0.122 e. The summed E-state index contributed by atoms with van der Waals surface area (Å²) in [6.07, 6.45) is 2.52. The molecule has 108 valence electrons. The Morgan fingerprint density at radius 2 is 1.84 bits per heavy atom. The highest BCUT2D eigenvalue weighted by atomic mass is 16.5. The zero-order valence-electron chi connectivity index (χ0n) is 13.1. The van der Waals surface area contributed by atoms with Gasteiger partial charge in [-0.25, -0.2) is 0 Å². The highest BCUT2D eigenvalue weighted by molar-refractivity contribution is 5.35. The van der Waals surface area contributed by atoms with Gasteiger partial charge >= 0.3 is 0 Å². The van der Waals surface area contributed by atoms with Gasteiger partial charge in [0.1, 0.15) is 12.4 Å². The molecule has 0 radical (unpaired) electrons. The number of benzene rings is 1. The summed E-state index contributed by atoms with van der Waals surface area (Å²) in [4.78, 5) is 0. The molecule has 2 heteroatoms. The molecule has 0 aliphatic heterocycles. The van der Waals surface area contributed by atoms with E-state index in [1.807, 2.05) is 0 Å². The third kappa shape index (κ3) is 6.63. The Balaban J connectivity index is 2.21. The van der Waals surface area contributed by atoms with Gasteiger partial charge in [-0.1, -0.05) is 26.0 Å². The van der Waals surface area contributed by atoms with Crippen LogP contribution in [0.4, 0.5) is 0 Å². The van der Waals surface area contributed by atoms with E-state index in [0.29, 0.717) is 6.04 Å². The van der Waals surface area contributed by atoms with Gasteiger partial charge in [-0.05, 0) is 56.7 Å². The Morgan fingerprint density at radius 1 is 1.11 bits per heavy atom. The lowest BCUT2D eigenvalue weighted by Crippen LogP contribution is -2.30. The first kappa shape index (κ1) is 16.0. The molecule has 1 rings (SSSR count). The van der Waals surface area contributed by atoms with Gasteiger partial charge in [-0.3, -0.25) is 0 Å². The minimum absolute atomic E-state index is 0.574. The van der Waals surface area contributed by atoms with Gasteiger partial charge in [-0.2, -0.15) is 0 Å². The molecule has 0 heterocycles. The summed E-state index contributed by atoms with van der Waals surface area (Å²) in [5, 5.41) is 3.52. The van der Waals surface area contributed by atoms with Gasteiger partial charge in [0.25, 0.3) is 0 Å². The van der Waals surface area contributed by atoms with E-state index in [-0.39, 0.29) is 0 Å². The highest BCUT2D eigenvalue weighted by Gasteiger charge is 2.03. The molecule has 0 saturated carbocycles. The summed E-state index contributed by atoms with van der Waals surface area (Å²) in [5.74, 6) is 1.80. The average Bonchev–Trinajstić information content (AvgIpc) is 2.36. The maximum Gasteiger partial charge on any atom is 0.122 e. The molecule has 0 aromatic heterocycles. The van der Waals surface area contributed by atoms with E-state index in [1.165, 1.54) is 24.0 Å². The number of nitrogens with one attached hydrogen (secondary N) is 1. The van der Waals surface area contributed by atoms with Gasteiger partial charge in [0.2, 0.25) is 0 Å². The predicted molar refractivity (Wildman–Crippen MR) is 82.9 cm³/mol. The lowest BCUT2D eigenvalue weighted by atomic mass is 10.0. The molecule has 0 aliphatic rings. The molecule has 0 amide bonds. The molecule has 1 N–H and O–H groups in total. The first-order valence-electron chi connectivity index (χ1n) is 7.42. The first-order valence-corrected chi connectivity index (χ1v) is 7.42. The summed E-state index contributed by atoms with van der Waals surface area (Å²) < 4.78 is 5.83. The maximum absolute atomic E-state index is 5.83. The van der Waals surface area contributed by atoms with Crippen molar-refractivity contribution in [2.24, 2.45) is 5.92 Å². The topological polar surface area (TPSA) is 21.3 Å². The SMILES string of the molecule is Cc1ccc(C)c(OCCNC(C)CCC(C)C)c1. The Bertz CT molecular complexity index is 374. The summed E-state index contributed by atoms with van der Waals surface area (Å²) in [6, 6.07) is 6.92. The monoisotopic (exact) mass is 263 g/mol. The van der Waals surface area contributed by atoms with E-state index >= 15 is 0 Å². The fourth-order valence-electron chi connectivity index (χ4n) is 2.01. The molecule has 0 bridgehead atoms. The van der Waals surface area contributed by atoms with Crippen molar-refractivity contribution in [3.63, 3.8) is 0 Å². The molecule has 0 aliphatic carbocycles. The van der Waals surface area contributed by atoms with Gasteiger partial charge in [-0.15, -0.1) is 0 Å².